The molecule has 1 aromatic carbocycles. The predicted molar refractivity (Wildman–Crippen MR) is 81.7 cm³/mol. The van der Waals surface area contributed by atoms with E-state index < -0.39 is 11.9 Å². The average Bonchev–Trinajstić information content (AvgIpc) is 2.41. The van der Waals surface area contributed by atoms with Crippen LogP contribution in [0.15, 0.2) is 18.2 Å². The highest BCUT2D eigenvalue weighted by Crippen LogP contribution is 2.26. The predicted octanol–water partition coefficient (Wildman–Crippen LogP) is 3.93. The van der Waals surface area contributed by atoms with Gasteiger partial charge in [-0.05, 0) is 29.9 Å². The minimum Gasteiger partial charge on any atom is -0.478 e. The first-order chi connectivity index (χ1) is 9.72. The number of ether oxygens (including phenoxy) is 1. The molecule has 21 heavy (non-hydrogen) atoms. The number of carbonyl (C=O) groups is 2. The molecular weight excluding hydrogens is 268 g/mol. The lowest BCUT2D eigenvalue weighted by Crippen LogP contribution is -2.31. The molecule has 1 N–H and O–H groups in total. The van der Waals surface area contributed by atoms with Crippen LogP contribution in [0.1, 0.15) is 67.3 Å². The standard InChI is InChI=1S/C17H24O4/c1-6-11-9-8-10-12(14(11)15(18)19)16(20)21-13(7-2)17(3,4)5/h8-10,13H,6-7H2,1-5H3,(H,18,19). The molecule has 0 aliphatic rings. The van der Waals surface area contributed by atoms with Gasteiger partial charge < -0.3 is 9.84 Å². The van der Waals surface area contributed by atoms with Crippen LogP contribution < -0.4 is 0 Å². The summed E-state index contributed by atoms with van der Waals surface area (Å²) in [7, 11) is 0. The highest BCUT2D eigenvalue weighted by atomic mass is 16.5. The van der Waals surface area contributed by atoms with E-state index in [-0.39, 0.29) is 22.6 Å². The van der Waals surface area contributed by atoms with Gasteiger partial charge in [0.2, 0.25) is 0 Å². The van der Waals surface area contributed by atoms with Gasteiger partial charge in [-0.3, -0.25) is 0 Å². The first-order valence-electron chi connectivity index (χ1n) is 7.28. The topological polar surface area (TPSA) is 63.6 Å². The number of rotatable bonds is 5. The maximum atomic E-state index is 12.4. The third kappa shape index (κ3) is 4.06. The number of benzene rings is 1. The fourth-order valence-electron chi connectivity index (χ4n) is 2.38. The zero-order valence-corrected chi connectivity index (χ0v) is 13.4. The van der Waals surface area contributed by atoms with Crippen molar-refractivity contribution in [1.82, 2.24) is 0 Å². The summed E-state index contributed by atoms with van der Waals surface area (Å²) in [5.41, 5.74) is 0.634. The van der Waals surface area contributed by atoms with Gasteiger partial charge in [-0.15, -0.1) is 0 Å². The Hall–Kier alpha value is -1.84. The van der Waals surface area contributed by atoms with Crippen molar-refractivity contribution in [2.75, 3.05) is 0 Å². The van der Waals surface area contributed by atoms with Crippen LogP contribution in [0.4, 0.5) is 0 Å². The molecule has 0 bridgehead atoms. The Labute approximate surface area is 126 Å². The van der Waals surface area contributed by atoms with Gasteiger partial charge >= 0.3 is 11.9 Å². The zero-order valence-electron chi connectivity index (χ0n) is 13.4. The van der Waals surface area contributed by atoms with Crippen molar-refractivity contribution in [2.45, 2.75) is 53.6 Å². The summed E-state index contributed by atoms with van der Waals surface area (Å²) in [5.74, 6) is -1.66. The molecule has 0 heterocycles. The normalized spacial score (nSPS) is 12.8. The molecule has 0 aromatic heterocycles. The number of carbonyl (C=O) groups excluding carboxylic acids is 1. The number of carboxylic acid groups (broad SMARTS) is 1. The maximum absolute atomic E-state index is 12.4. The lowest BCUT2D eigenvalue weighted by Gasteiger charge is -2.29. The first-order valence-corrected chi connectivity index (χ1v) is 7.28. The molecule has 1 rings (SSSR count). The number of esters is 1. The van der Waals surface area contributed by atoms with Gasteiger partial charge in [-0.2, -0.15) is 0 Å². The maximum Gasteiger partial charge on any atom is 0.339 e. The van der Waals surface area contributed by atoms with Crippen LogP contribution >= 0.6 is 0 Å². The molecule has 0 saturated heterocycles. The number of hydrogen-bond donors (Lipinski definition) is 1. The van der Waals surface area contributed by atoms with Crippen LogP contribution in [0, 0.1) is 5.41 Å². The molecule has 1 atom stereocenters. The first kappa shape index (κ1) is 17.2. The van der Waals surface area contributed by atoms with E-state index in [1.807, 2.05) is 34.6 Å². The molecule has 1 aromatic rings. The molecule has 0 saturated carbocycles. The molecule has 4 heteroatoms. The number of aryl methyl sites for hydroxylation is 1. The third-order valence-electron chi connectivity index (χ3n) is 3.55. The van der Waals surface area contributed by atoms with Crippen molar-refractivity contribution in [2.24, 2.45) is 5.41 Å². The summed E-state index contributed by atoms with van der Waals surface area (Å²) in [6.45, 7) is 9.80. The van der Waals surface area contributed by atoms with Crippen molar-refractivity contribution in [3.8, 4) is 0 Å². The molecule has 4 nitrogen and oxygen atoms in total. The summed E-state index contributed by atoms with van der Waals surface area (Å²) >= 11 is 0. The fourth-order valence-corrected chi connectivity index (χ4v) is 2.38. The summed E-state index contributed by atoms with van der Waals surface area (Å²) in [6.07, 6.45) is 0.988. The Kier molecular flexibility index (Phi) is 5.53. The Bertz CT molecular complexity index is 526. The van der Waals surface area contributed by atoms with Crippen molar-refractivity contribution in [3.05, 3.63) is 34.9 Å². The van der Waals surface area contributed by atoms with E-state index in [4.69, 9.17) is 4.74 Å². The molecule has 0 amide bonds. The van der Waals surface area contributed by atoms with Gasteiger partial charge in [0.15, 0.2) is 0 Å². The van der Waals surface area contributed by atoms with E-state index in [1.54, 1.807) is 12.1 Å². The van der Waals surface area contributed by atoms with Crippen molar-refractivity contribution in [3.63, 3.8) is 0 Å². The van der Waals surface area contributed by atoms with Crippen LogP contribution in [-0.4, -0.2) is 23.1 Å². The summed E-state index contributed by atoms with van der Waals surface area (Å²) in [6, 6.07) is 4.93. The molecule has 0 aliphatic heterocycles. The van der Waals surface area contributed by atoms with Crippen LogP contribution in [0.2, 0.25) is 0 Å². The Balaban J connectivity index is 3.16. The fraction of sp³-hybridized carbons (Fsp3) is 0.529. The highest BCUT2D eigenvalue weighted by Gasteiger charge is 2.29. The minimum atomic E-state index is -1.09. The van der Waals surface area contributed by atoms with Crippen molar-refractivity contribution in [1.29, 1.82) is 0 Å². The summed E-state index contributed by atoms with van der Waals surface area (Å²) in [4.78, 5) is 23.8. The number of carboxylic acids is 1. The van der Waals surface area contributed by atoms with E-state index in [9.17, 15) is 14.7 Å². The quantitative estimate of drug-likeness (QED) is 0.835. The van der Waals surface area contributed by atoms with Crippen LogP contribution in [0.25, 0.3) is 0 Å². The van der Waals surface area contributed by atoms with E-state index in [0.29, 0.717) is 18.4 Å². The van der Waals surface area contributed by atoms with Gasteiger partial charge in [-0.1, -0.05) is 46.8 Å². The average molecular weight is 292 g/mol. The Morgan fingerprint density at radius 2 is 1.86 bits per heavy atom. The van der Waals surface area contributed by atoms with Crippen LogP contribution in [-0.2, 0) is 11.2 Å². The molecule has 0 fully saturated rings. The molecule has 0 radical (unpaired) electrons. The highest BCUT2D eigenvalue weighted by molar-refractivity contribution is 6.03. The van der Waals surface area contributed by atoms with Gasteiger partial charge in [-0.25, -0.2) is 9.59 Å². The molecule has 0 aliphatic carbocycles. The van der Waals surface area contributed by atoms with Gasteiger partial charge in [0.1, 0.15) is 6.10 Å². The van der Waals surface area contributed by atoms with Crippen molar-refractivity contribution < 1.29 is 19.4 Å². The Morgan fingerprint density at radius 1 is 1.24 bits per heavy atom. The van der Waals surface area contributed by atoms with Gasteiger partial charge in [0.25, 0.3) is 0 Å². The third-order valence-corrected chi connectivity index (χ3v) is 3.55. The number of aromatic carboxylic acids is 1. The monoisotopic (exact) mass is 292 g/mol. The summed E-state index contributed by atoms with van der Waals surface area (Å²) < 4.78 is 5.54. The number of hydrogen-bond acceptors (Lipinski definition) is 3. The second-order valence-corrected chi connectivity index (χ2v) is 6.17. The van der Waals surface area contributed by atoms with Crippen LogP contribution in [0.3, 0.4) is 0 Å². The minimum absolute atomic E-state index is 0.0498. The van der Waals surface area contributed by atoms with Crippen molar-refractivity contribution >= 4 is 11.9 Å². The van der Waals surface area contributed by atoms with Gasteiger partial charge in [0, 0.05) is 0 Å². The van der Waals surface area contributed by atoms with Gasteiger partial charge in [0.05, 0.1) is 11.1 Å². The zero-order chi connectivity index (χ0) is 16.2. The smallest absolute Gasteiger partial charge is 0.339 e. The lowest BCUT2D eigenvalue weighted by molar-refractivity contribution is -0.00429. The molecule has 1 unspecified atom stereocenters. The van der Waals surface area contributed by atoms with E-state index in [2.05, 4.69) is 0 Å². The molecule has 0 spiro atoms. The molecule has 116 valence electrons. The van der Waals surface area contributed by atoms with Crippen LogP contribution in [0.5, 0.6) is 0 Å². The van der Waals surface area contributed by atoms with E-state index >= 15 is 0 Å². The Morgan fingerprint density at radius 3 is 2.29 bits per heavy atom. The molecular formula is C17H24O4. The lowest BCUT2D eigenvalue weighted by atomic mass is 9.87. The summed E-state index contributed by atoms with van der Waals surface area (Å²) in [5, 5.41) is 9.37. The van der Waals surface area contributed by atoms with E-state index in [0.717, 1.165) is 0 Å². The SMILES string of the molecule is CCc1cccc(C(=O)OC(CC)C(C)(C)C)c1C(=O)O. The van der Waals surface area contributed by atoms with E-state index in [1.165, 1.54) is 6.07 Å². The second kappa shape index (κ2) is 6.74. The largest absolute Gasteiger partial charge is 0.478 e. The second-order valence-electron chi connectivity index (χ2n) is 6.17.